The van der Waals surface area contributed by atoms with Crippen LogP contribution in [0, 0.1) is 5.92 Å². The van der Waals surface area contributed by atoms with Crippen molar-refractivity contribution in [3.63, 3.8) is 0 Å². The summed E-state index contributed by atoms with van der Waals surface area (Å²) in [4.78, 5) is 12.2. The van der Waals surface area contributed by atoms with Gasteiger partial charge in [0.15, 0.2) is 0 Å². The standard InChI is InChI=1S/C23H25N3O2S/c1-16(2)14-24-23(27)19-6-4-5-17(13-19)15-29-22-12-11-21(25-26-22)18-7-9-20(28-3)10-8-18/h4-13,16H,14-15H2,1-3H3,(H,24,27). The number of amides is 1. The molecule has 0 aliphatic rings. The number of benzene rings is 2. The van der Waals surface area contributed by atoms with Crippen molar-refractivity contribution < 1.29 is 9.53 Å². The number of rotatable bonds is 8. The third kappa shape index (κ3) is 6.06. The van der Waals surface area contributed by atoms with Gasteiger partial charge < -0.3 is 10.1 Å². The van der Waals surface area contributed by atoms with Crippen LogP contribution >= 0.6 is 11.8 Å². The monoisotopic (exact) mass is 407 g/mol. The van der Waals surface area contributed by atoms with E-state index in [1.54, 1.807) is 18.9 Å². The van der Waals surface area contributed by atoms with Gasteiger partial charge in [0.25, 0.3) is 5.91 Å². The van der Waals surface area contributed by atoms with Gasteiger partial charge in [0.2, 0.25) is 0 Å². The van der Waals surface area contributed by atoms with E-state index in [1.807, 2.05) is 60.7 Å². The van der Waals surface area contributed by atoms with Crippen LogP contribution in [0.15, 0.2) is 65.7 Å². The molecule has 150 valence electrons. The average Bonchev–Trinajstić information content (AvgIpc) is 2.76. The smallest absolute Gasteiger partial charge is 0.251 e. The first kappa shape index (κ1) is 20.9. The number of nitrogens with one attached hydrogen (secondary N) is 1. The topological polar surface area (TPSA) is 64.1 Å². The van der Waals surface area contributed by atoms with Crippen molar-refractivity contribution >= 4 is 17.7 Å². The van der Waals surface area contributed by atoms with Crippen LogP contribution in [0.2, 0.25) is 0 Å². The zero-order valence-corrected chi connectivity index (χ0v) is 17.7. The number of ether oxygens (including phenoxy) is 1. The molecule has 6 heteroatoms. The summed E-state index contributed by atoms with van der Waals surface area (Å²) >= 11 is 1.60. The first-order valence-electron chi connectivity index (χ1n) is 9.53. The molecule has 0 radical (unpaired) electrons. The first-order valence-corrected chi connectivity index (χ1v) is 10.5. The highest BCUT2D eigenvalue weighted by atomic mass is 32.2. The van der Waals surface area contributed by atoms with Crippen molar-refractivity contribution in [2.24, 2.45) is 5.92 Å². The van der Waals surface area contributed by atoms with E-state index in [4.69, 9.17) is 4.74 Å². The highest BCUT2D eigenvalue weighted by molar-refractivity contribution is 7.98. The van der Waals surface area contributed by atoms with Crippen LogP contribution in [0.5, 0.6) is 5.75 Å². The molecule has 0 atom stereocenters. The van der Waals surface area contributed by atoms with Gasteiger partial charge in [-0.15, -0.1) is 10.2 Å². The molecule has 0 bridgehead atoms. The molecule has 1 amide bonds. The second kappa shape index (κ2) is 10.1. The molecule has 1 N–H and O–H groups in total. The van der Waals surface area contributed by atoms with E-state index in [9.17, 15) is 4.79 Å². The zero-order valence-electron chi connectivity index (χ0n) is 16.9. The number of hydrogen-bond acceptors (Lipinski definition) is 5. The Morgan fingerprint density at radius 3 is 2.52 bits per heavy atom. The quantitative estimate of drug-likeness (QED) is 0.542. The summed E-state index contributed by atoms with van der Waals surface area (Å²) in [6, 6.07) is 19.4. The fourth-order valence-electron chi connectivity index (χ4n) is 2.67. The fraction of sp³-hybridized carbons (Fsp3) is 0.261. The van der Waals surface area contributed by atoms with Gasteiger partial charge in [-0.1, -0.05) is 37.7 Å². The number of nitrogens with zero attached hydrogens (tertiary/aromatic N) is 2. The van der Waals surface area contributed by atoms with Crippen molar-refractivity contribution in [2.45, 2.75) is 24.6 Å². The Morgan fingerprint density at radius 1 is 1.07 bits per heavy atom. The van der Waals surface area contributed by atoms with Crippen molar-refractivity contribution in [1.29, 1.82) is 0 Å². The van der Waals surface area contributed by atoms with Crippen molar-refractivity contribution in [2.75, 3.05) is 13.7 Å². The Bertz CT molecular complexity index is 941. The van der Waals surface area contributed by atoms with Crippen LogP contribution in [0.4, 0.5) is 0 Å². The molecular weight excluding hydrogens is 382 g/mol. The third-order valence-corrected chi connectivity index (χ3v) is 5.26. The summed E-state index contributed by atoms with van der Waals surface area (Å²) in [7, 11) is 1.65. The maximum absolute atomic E-state index is 12.2. The predicted molar refractivity (Wildman–Crippen MR) is 117 cm³/mol. The SMILES string of the molecule is COc1ccc(-c2ccc(SCc3cccc(C(=O)NCC(C)C)c3)nn2)cc1. The van der Waals surface area contributed by atoms with E-state index < -0.39 is 0 Å². The van der Waals surface area contributed by atoms with Crippen LogP contribution < -0.4 is 10.1 Å². The summed E-state index contributed by atoms with van der Waals surface area (Å²) < 4.78 is 5.18. The van der Waals surface area contributed by atoms with Crippen LogP contribution in [-0.4, -0.2) is 29.8 Å². The molecule has 0 saturated carbocycles. The summed E-state index contributed by atoms with van der Waals surface area (Å²) in [5.74, 6) is 1.93. The number of methoxy groups -OCH3 is 1. The maximum atomic E-state index is 12.2. The maximum Gasteiger partial charge on any atom is 0.251 e. The number of aromatic nitrogens is 2. The van der Waals surface area contributed by atoms with Crippen LogP contribution in [-0.2, 0) is 5.75 Å². The summed E-state index contributed by atoms with van der Waals surface area (Å²) in [6.07, 6.45) is 0. The van der Waals surface area contributed by atoms with Crippen molar-refractivity contribution in [3.05, 3.63) is 71.8 Å². The van der Waals surface area contributed by atoms with E-state index in [0.29, 0.717) is 18.0 Å². The highest BCUT2D eigenvalue weighted by Crippen LogP contribution is 2.24. The minimum Gasteiger partial charge on any atom is -0.497 e. The number of carbonyl (C=O) groups excluding carboxylic acids is 1. The van der Waals surface area contributed by atoms with Crippen LogP contribution in [0.25, 0.3) is 11.3 Å². The lowest BCUT2D eigenvalue weighted by Gasteiger charge is -2.09. The molecule has 5 nitrogen and oxygen atoms in total. The van der Waals surface area contributed by atoms with Gasteiger partial charge in [0.05, 0.1) is 12.8 Å². The number of carbonyl (C=O) groups is 1. The average molecular weight is 408 g/mol. The Morgan fingerprint density at radius 2 is 1.86 bits per heavy atom. The molecule has 3 aromatic rings. The van der Waals surface area contributed by atoms with Gasteiger partial charge in [0, 0.05) is 23.4 Å². The fourth-order valence-corrected chi connectivity index (χ4v) is 3.43. The molecule has 29 heavy (non-hydrogen) atoms. The lowest BCUT2D eigenvalue weighted by atomic mass is 10.1. The van der Waals surface area contributed by atoms with E-state index in [1.165, 1.54) is 0 Å². The predicted octanol–water partition coefficient (Wildman–Crippen LogP) is 4.83. The molecule has 1 aromatic heterocycles. The Labute approximate surface area is 175 Å². The first-order chi connectivity index (χ1) is 14.0. The molecule has 1 heterocycles. The molecular formula is C23H25N3O2S. The Hall–Kier alpha value is -2.86. The summed E-state index contributed by atoms with van der Waals surface area (Å²) in [6.45, 7) is 4.83. The van der Waals surface area contributed by atoms with E-state index in [0.717, 1.165) is 33.3 Å². The van der Waals surface area contributed by atoms with E-state index in [2.05, 4.69) is 29.4 Å². The van der Waals surface area contributed by atoms with Gasteiger partial charge in [-0.25, -0.2) is 0 Å². The second-order valence-electron chi connectivity index (χ2n) is 7.08. The molecule has 2 aromatic carbocycles. The molecule has 0 aliphatic carbocycles. The van der Waals surface area contributed by atoms with Gasteiger partial charge >= 0.3 is 0 Å². The number of thioether (sulfide) groups is 1. The lowest BCUT2D eigenvalue weighted by molar-refractivity contribution is 0.0949. The van der Waals surface area contributed by atoms with Crippen molar-refractivity contribution in [1.82, 2.24) is 15.5 Å². The van der Waals surface area contributed by atoms with Crippen LogP contribution in [0.3, 0.4) is 0 Å². The van der Waals surface area contributed by atoms with Gasteiger partial charge in [-0.05, 0) is 60.0 Å². The van der Waals surface area contributed by atoms with Gasteiger partial charge in [-0.3, -0.25) is 4.79 Å². The highest BCUT2D eigenvalue weighted by Gasteiger charge is 2.08. The second-order valence-corrected chi connectivity index (χ2v) is 8.07. The Balaban J connectivity index is 1.59. The Kier molecular flexibility index (Phi) is 7.25. The summed E-state index contributed by atoms with van der Waals surface area (Å²) in [5.41, 5.74) is 3.58. The molecule has 0 unspecified atom stereocenters. The largest absolute Gasteiger partial charge is 0.497 e. The molecule has 0 fully saturated rings. The molecule has 0 spiro atoms. The van der Waals surface area contributed by atoms with E-state index in [-0.39, 0.29) is 5.91 Å². The third-order valence-electron chi connectivity index (χ3n) is 4.27. The summed E-state index contributed by atoms with van der Waals surface area (Å²) in [5, 5.41) is 12.4. The minimum absolute atomic E-state index is 0.0332. The number of hydrogen-bond donors (Lipinski definition) is 1. The van der Waals surface area contributed by atoms with Gasteiger partial charge in [-0.2, -0.15) is 0 Å². The van der Waals surface area contributed by atoms with Crippen molar-refractivity contribution in [3.8, 4) is 17.0 Å². The molecule has 0 aliphatic heterocycles. The van der Waals surface area contributed by atoms with Crippen LogP contribution in [0.1, 0.15) is 29.8 Å². The zero-order chi connectivity index (χ0) is 20.6. The molecule has 3 rings (SSSR count). The molecule has 0 saturated heterocycles. The lowest BCUT2D eigenvalue weighted by Crippen LogP contribution is -2.27. The van der Waals surface area contributed by atoms with Gasteiger partial charge in [0.1, 0.15) is 10.8 Å². The normalized spacial score (nSPS) is 10.8. The minimum atomic E-state index is -0.0332. The van der Waals surface area contributed by atoms with E-state index >= 15 is 0 Å².